The lowest BCUT2D eigenvalue weighted by Gasteiger charge is -2.07. The van der Waals surface area contributed by atoms with Gasteiger partial charge in [0.1, 0.15) is 5.75 Å². The number of aryl methyl sites for hydroxylation is 1. The van der Waals surface area contributed by atoms with E-state index in [9.17, 15) is 18.0 Å². The average Bonchev–Trinajstić information content (AvgIpc) is 3.13. The molecule has 0 radical (unpaired) electrons. The monoisotopic (exact) mass is 391 g/mol. The number of nitrogens with one attached hydrogen (secondary N) is 2. The summed E-state index contributed by atoms with van der Waals surface area (Å²) in [6.45, 7) is 0. The summed E-state index contributed by atoms with van der Waals surface area (Å²) >= 11 is 0. The second kappa shape index (κ2) is 6.15. The van der Waals surface area contributed by atoms with Crippen LogP contribution < -0.4 is 10.1 Å². The minimum Gasteiger partial charge on any atom is -0.478 e. The fourth-order valence-electron chi connectivity index (χ4n) is 2.80. The highest BCUT2D eigenvalue weighted by Gasteiger charge is 2.31. The number of imidazole rings is 2. The Labute approximate surface area is 154 Å². The maximum Gasteiger partial charge on any atom is 0.573 e. The number of nitrogens with zero attached hydrogens (tertiary/aromatic N) is 3. The summed E-state index contributed by atoms with van der Waals surface area (Å²) in [6, 6.07) is 8.31. The number of carboxylic acids is 1. The molecule has 0 atom stereocenters. The third-order valence-corrected chi connectivity index (χ3v) is 4.04. The van der Waals surface area contributed by atoms with Crippen LogP contribution in [-0.2, 0) is 7.05 Å². The Bertz CT molecular complexity index is 1210. The largest absolute Gasteiger partial charge is 0.573 e. The molecule has 4 rings (SSSR count). The number of H-pyrrole nitrogens is 1. The van der Waals surface area contributed by atoms with Gasteiger partial charge in [-0.2, -0.15) is 0 Å². The number of hydrogen-bond acceptors (Lipinski definition) is 5. The summed E-state index contributed by atoms with van der Waals surface area (Å²) in [5, 5.41) is 12.0. The van der Waals surface area contributed by atoms with Gasteiger partial charge >= 0.3 is 12.3 Å². The van der Waals surface area contributed by atoms with Gasteiger partial charge in [0.2, 0.25) is 11.9 Å². The van der Waals surface area contributed by atoms with Crippen LogP contribution in [0.2, 0.25) is 0 Å². The van der Waals surface area contributed by atoms with Crippen LogP contribution in [0.25, 0.3) is 22.1 Å². The zero-order chi connectivity index (χ0) is 20.1. The van der Waals surface area contributed by atoms with E-state index < -0.39 is 12.3 Å². The Morgan fingerprint density at radius 2 is 1.96 bits per heavy atom. The maximum absolute atomic E-state index is 12.4. The normalized spacial score (nSPS) is 11.9. The summed E-state index contributed by atoms with van der Waals surface area (Å²) < 4.78 is 42.6. The highest BCUT2D eigenvalue weighted by molar-refractivity contribution is 5.93. The van der Waals surface area contributed by atoms with Gasteiger partial charge in [-0.05, 0) is 30.3 Å². The molecule has 0 aliphatic carbocycles. The van der Waals surface area contributed by atoms with E-state index in [0.717, 1.165) is 0 Å². The van der Waals surface area contributed by atoms with Gasteiger partial charge in [-0.25, -0.2) is 14.8 Å². The number of ether oxygens (including phenoxy) is 1. The van der Waals surface area contributed by atoms with E-state index >= 15 is 0 Å². The van der Waals surface area contributed by atoms with Crippen molar-refractivity contribution in [2.45, 2.75) is 6.36 Å². The van der Waals surface area contributed by atoms with Crippen LogP contribution >= 0.6 is 0 Å². The first-order valence-corrected chi connectivity index (χ1v) is 7.92. The Kier molecular flexibility index (Phi) is 3.87. The topological polar surface area (TPSA) is 105 Å². The van der Waals surface area contributed by atoms with E-state index in [1.54, 1.807) is 17.7 Å². The Balaban J connectivity index is 1.66. The summed E-state index contributed by atoms with van der Waals surface area (Å²) in [4.78, 5) is 22.5. The van der Waals surface area contributed by atoms with Crippen LogP contribution in [0.4, 0.5) is 25.1 Å². The van der Waals surface area contributed by atoms with Crippen molar-refractivity contribution in [3.63, 3.8) is 0 Å². The molecule has 2 heterocycles. The van der Waals surface area contributed by atoms with Crippen molar-refractivity contribution in [2.24, 2.45) is 7.05 Å². The minimum absolute atomic E-state index is 0.109. The molecule has 0 amide bonds. The number of alkyl halides is 3. The Morgan fingerprint density at radius 3 is 2.68 bits per heavy atom. The van der Waals surface area contributed by atoms with E-state index in [-0.39, 0.29) is 17.3 Å². The van der Waals surface area contributed by atoms with E-state index in [2.05, 4.69) is 25.0 Å². The van der Waals surface area contributed by atoms with E-state index in [1.165, 1.54) is 30.3 Å². The summed E-state index contributed by atoms with van der Waals surface area (Å²) in [6.07, 6.45) is -4.78. The molecule has 4 aromatic rings. The molecule has 2 aromatic carbocycles. The summed E-state index contributed by atoms with van der Waals surface area (Å²) in [7, 11) is 1.73. The van der Waals surface area contributed by atoms with Crippen LogP contribution in [-0.4, -0.2) is 37.0 Å². The minimum atomic E-state index is -4.78. The molecule has 11 heteroatoms. The van der Waals surface area contributed by atoms with Crippen LogP contribution in [0.5, 0.6) is 5.75 Å². The first-order chi connectivity index (χ1) is 13.2. The van der Waals surface area contributed by atoms with Crippen molar-refractivity contribution in [3.8, 4) is 5.75 Å². The van der Waals surface area contributed by atoms with Crippen molar-refractivity contribution in [1.29, 1.82) is 0 Å². The van der Waals surface area contributed by atoms with Gasteiger partial charge in [-0.1, -0.05) is 0 Å². The number of rotatable bonds is 4. The first-order valence-electron chi connectivity index (χ1n) is 7.92. The van der Waals surface area contributed by atoms with Crippen LogP contribution in [0.3, 0.4) is 0 Å². The number of benzene rings is 2. The van der Waals surface area contributed by atoms with Gasteiger partial charge < -0.3 is 19.4 Å². The number of fused-ring (bicyclic) bond motifs is 2. The highest BCUT2D eigenvalue weighted by atomic mass is 19.4. The maximum atomic E-state index is 12.4. The number of carbonyl (C=O) groups is 1. The predicted octanol–water partition coefficient (Wildman–Crippen LogP) is 3.79. The van der Waals surface area contributed by atoms with E-state index in [4.69, 9.17) is 5.11 Å². The first kappa shape index (κ1) is 17.6. The van der Waals surface area contributed by atoms with Gasteiger partial charge in [0.15, 0.2) is 0 Å². The predicted molar refractivity (Wildman–Crippen MR) is 93.7 cm³/mol. The number of aromatic nitrogens is 4. The summed E-state index contributed by atoms with van der Waals surface area (Å²) in [5.41, 5.74) is 2.06. The molecule has 0 saturated carbocycles. The van der Waals surface area contributed by atoms with E-state index in [0.29, 0.717) is 28.0 Å². The summed E-state index contributed by atoms with van der Waals surface area (Å²) in [5.74, 6) is -0.783. The molecule has 0 bridgehead atoms. The van der Waals surface area contributed by atoms with Gasteiger partial charge in [0.05, 0.1) is 27.6 Å². The van der Waals surface area contributed by atoms with Gasteiger partial charge in [0.25, 0.3) is 0 Å². The van der Waals surface area contributed by atoms with Crippen molar-refractivity contribution in [2.75, 3.05) is 5.32 Å². The molecule has 0 aliphatic heterocycles. The molecule has 0 saturated heterocycles. The SMILES string of the molecule is Cn1c(Nc2nc3ccc(OC(F)(F)F)cc3[nH]2)nc2cc(C(=O)O)ccc21. The standard InChI is InChI=1S/C17H12F3N5O3/c1-25-13-5-2-8(14(26)27)6-12(13)23-16(25)24-15-21-10-4-3-9(7-11(10)22-15)28-17(18,19)20/h2-7H,1H3,(H,26,27)(H2,21,22,23,24). The molecule has 3 N–H and O–H groups in total. The second-order valence-electron chi connectivity index (χ2n) is 5.94. The number of halogens is 3. The smallest absolute Gasteiger partial charge is 0.478 e. The number of hydrogen-bond donors (Lipinski definition) is 3. The van der Waals surface area contributed by atoms with Crippen LogP contribution in [0.1, 0.15) is 10.4 Å². The fourth-order valence-corrected chi connectivity index (χ4v) is 2.80. The molecule has 8 nitrogen and oxygen atoms in total. The third-order valence-electron chi connectivity index (χ3n) is 4.04. The lowest BCUT2D eigenvalue weighted by molar-refractivity contribution is -0.274. The lowest BCUT2D eigenvalue weighted by Crippen LogP contribution is -2.16. The van der Waals surface area contributed by atoms with Crippen LogP contribution in [0.15, 0.2) is 36.4 Å². The Hall–Kier alpha value is -3.76. The highest BCUT2D eigenvalue weighted by Crippen LogP contribution is 2.27. The van der Waals surface area contributed by atoms with Crippen molar-refractivity contribution < 1.29 is 27.8 Å². The van der Waals surface area contributed by atoms with Gasteiger partial charge in [-0.15, -0.1) is 13.2 Å². The Morgan fingerprint density at radius 1 is 1.18 bits per heavy atom. The third kappa shape index (κ3) is 3.29. The van der Waals surface area contributed by atoms with Crippen molar-refractivity contribution in [3.05, 3.63) is 42.0 Å². The molecule has 144 valence electrons. The van der Waals surface area contributed by atoms with Crippen molar-refractivity contribution >= 4 is 39.9 Å². The fraction of sp³-hybridized carbons (Fsp3) is 0.118. The lowest BCUT2D eigenvalue weighted by atomic mass is 10.2. The molecule has 0 spiro atoms. The van der Waals surface area contributed by atoms with Crippen LogP contribution in [0, 0.1) is 0 Å². The second-order valence-corrected chi connectivity index (χ2v) is 5.94. The van der Waals surface area contributed by atoms with Gasteiger partial charge in [-0.3, -0.25) is 5.32 Å². The average molecular weight is 391 g/mol. The zero-order valence-electron chi connectivity index (χ0n) is 14.2. The van der Waals surface area contributed by atoms with E-state index in [1.807, 2.05) is 0 Å². The number of aromatic carboxylic acids is 1. The number of anilines is 2. The molecular formula is C17H12F3N5O3. The molecule has 28 heavy (non-hydrogen) atoms. The molecule has 0 unspecified atom stereocenters. The molecule has 2 aromatic heterocycles. The quantitative estimate of drug-likeness (QED) is 0.489. The molecule has 0 aliphatic rings. The number of carboxylic acid groups (broad SMARTS) is 1. The molecule has 0 fully saturated rings. The number of aromatic amines is 1. The molecular weight excluding hydrogens is 379 g/mol. The zero-order valence-corrected chi connectivity index (χ0v) is 14.2. The van der Waals surface area contributed by atoms with Crippen molar-refractivity contribution in [1.82, 2.24) is 19.5 Å². The van der Waals surface area contributed by atoms with Gasteiger partial charge in [0, 0.05) is 13.1 Å².